The highest BCUT2D eigenvalue weighted by atomic mass is 19.4. The molecule has 0 unspecified atom stereocenters. The van der Waals surface area contributed by atoms with Gasteiger partial charge in [0.05, 0.1) is 31.9 Å². The van der Waals surface area contributed by atoms with Gasteiger partial charge in [-0.05, 0) is 6.54 Å². The van der Waals surface area contributed by atoms with Gasteiger partial charge in [-0.25, -0.2) is 4.68 Å². The third-order valence-corrected chi connectivity index (χ3v) is 2.14. The van der Waals surface area contributed by atoms with Crippen molar-refractivity contribution in [3.8, 4) is 0 Å². The third kappa shape index (κ3) is 6.55. The molecule has 0 amide bonds. The molecule has 1 N–H and O–H groups in total. The van der Waals surface area contributed by atoms with Gasteiger partial charge in [0.25, 0.3) is 0 Å². The van der Waals surface area contributed by atoms with E-state index in [2.05, 4.69) is 15.6 Å². The molecule has 1 heterocycles. The number of nitrogens with zero attached hydrogens (tertiary/aromatic N) is 3. The summed E-state index contributed by atoms with van der Waals surface area (Å²) in [7, 11) is 0. The Morgan fingerprint density at radius 2 is 2.17 bits per heavy atom. The van der Waals surface area contributed by atoms with Gasteiger partial charge in [-0.15, -0.1) is 5.10 Å². The van der Waals surface area contributed by atoms with E-state index >= 15 is 0 Å². The van der Waals surface area contributed by atoms with Gasteiger partial charge in [-0.2, -0.15) is 13.2 Å². The van der Waals surface area contributed by atoms with Crippen LogP contribution in [-0.2, 0) is 17.8 Å². The minimum Gasteiger partial charge on any atom is -0.379 e. The van der Waals surface area contributed by atoms with Crippen LogP contribution in [0.3, 0.4) is 0 Å². The molecule has 0 aliphatic rings. The Morgan fingerprint density at radius 1 is 1.39 bits per heavy atom. The lowest BCUT2D eigenvalue weighted by atomic mass is 10.4. The second-order valence-corrected chi connectivity index (χ2v) is 3.73. The first-order chi connectivity index (χ1) is 8.51. The Hall–Kier alpha value is -1.15. The Morgan fingerprint density at radius 3 is 2.83 bits per heavy atom. The van der Waals surface area contributed by atoms with Gasteiger partial charge in [-0.1, -0.05) is 12.1 Å². The average molecular weight is 266 g/mol. The van der Waals surface area contributed by atoms with Crippen molar-refractivity contribution in [1.82, 2.24) is 20.3 Å². The number of nitrogens with one attached hydrogen (secondary N) is 1. The minimum absolute atomic E-state index is 0.195. The molecule has 0 aliphatic carbocycles. The number of rotatable bonds is 8. The van der Waals surface area contributed by atoms with Gasteiger partial charge in [0.1, 0.15) is 0 Å². The monoisotopic (exact) mass is 266 g/mol. The van der Waals surface area contributed by atoms with Crippen LogP contribution in [0.5, 0.6) is 0 Å². The summed E-state index contributed by atoms with van der Waals surface area (Å²) >= 11 is 0. The molecule has 0 aliphatic heterocycles. The van der Waals surface area contributed by atoms with Crippen molar-refractivity contribution in [3.63, 3.8) is 0 Å². The molecule has 0 bridgehead atoms. The normalized spacial score (nSPS) is 12.0. The highest BCUT2D eigenvalue weighted by Gasteiger charge is 2.26. The molecule has 0 radical (unpaired) electrons. The van der Waals surface area contributed by atoms with Crippen molar-refractivity contribution in [3.05, 3.63) is 11.9 Å². The van der Waals surface area contributed by atoms with Crippen LogP contribution >= 0.6 is 0 Å². The van der Waals surface area contributed by atoms with Crippen molar-refractivity contribution in [1.29, 1.82) is 0 Å². The minimum atomic E-state index is -4.16. The predicted molar refractivity (Wildman–Crippen MR) is 58.9 cm³/mol. The lowest BCUT2D eigenvalue weighted by molar-refractivity contribution is -0.145. The van der Waals surface area contributed by atoms with Crippen LogP contribution in [0.2, 0.25) is 0 Å². The molecule has 18 heavy (non-hydrogen) atoms. The van der Waals surface area contributed by atoms with Crippen LogP contribution in [-0.4, -0.2) is 40.9 Å². The van der Waals surface area contributed by atoms with Gasteiger partial charge in [0.2, 0.25) is 0 Å². The first-order valence-electron chi connectivity index (χ1n) is 5.75. The Balaban J connectivity index is 2.13. The summed E-state index contributed by atoms with van der Waals surface area (Å²) in [6.07, 6.45) is -3.34. The number of alkyl halides is 3. The lowest BCUT2D eigenvalue weighted by Gasteiger charge is -2.06. The summed E-state index contributed by atoms with van der Waals surface area (Å²) in [6, 6.07) is 0. The molecular formula is C10H17F3N4O. The summed E-state index contributed by atoms with van der Waals surface area (Å²) < 4.78 is 41.9. The zero-order valence-electron chi connectivity index (χ0n) is 10.2. The second-order valence-electron chi connectivity index (χ2n) is 3.73. The number of hydrogen-bond acceptors (Lipinski definition) is 4. The van der Waals surface area contributed by atoms with Crippen molar-refractivity contribution < 1.29 is 17.9 Å². The molecule has 1 aromatic rings. The maximum absolute atomic E-state index is 11.8. The first-order valence-corrected chi connectivity index (χ1v) is 5.75. The first kappa shape index (κ1) is 14.9. The SMILES string of the molecule is CCNCc1cn(CCOCCC(F)(F)F)nn1. The van der Waals surface area contributed by atoms with E-state index in [1.165, 1.54) is 0 Å². The Bertz CT molecular complexity index is 340. The molecule has 0 atom stereocenters. The summed E-state index contributed by atoms with van der Waals surface area (Å²) in [4.78, 5) is 0. The molecule has 0 fully saturated rings. The molecule has 8 heteroatoms. The van der Waals surface area contributed by atoms with Gasteiger partial charge in [0, 0.05) is 12.7 Å². The maximum Gasteiger partial charge on any atom is 0.391 e. The lowest BCUT2D eigenvalue weighted by Crippen LogP contribution is -2.14. The second kappa shape index (κ2) is 7.32. The predicted octanol–water partition coefficient (Wildman–Crippen LogP) is 1.36. The van der Waals surface area contributed by atoms with Crippen LogP contribution in [0.15, 0.2) is 6.20 Å². The molecule has 1 rings (SSSR count). The topological polar surface area (TPSA) is 52.0 Å². The molecule has 1 aromatic heterocycles. The fourth-order valence-corrected chi connectivity index (χ4v) is 1.23. The highest BCUT2D eigenvalue weighted by molar-refractivity contribution is 4.91. The quantitative estimate of drug-likeness (QED) is 0.722. The summed E-state index contributed by atoms with van der Waals surface area (Å²) in [5.41, 5.74) is 0.798. The van der Waals surface area contributed by atoms with E-state index in [-0.39, 0.29) is 13.2 Å². The van der Waals surface area contributed by atoms with E-state index in [0.29, 0.717) is 13.1 Å². The number of aromatic nitrogens is 3. The summed E-state index contributed by atoms with van der Waals surface area (Å²) in [6.45, 7) is 3.73. The smallest absolute Gasteiger partial charge is 0.379 e. The van der Waals surface area contributed by atoms with Gasteiger partial charge < -0.3 is 10.1 Å². The number of halogens is 3. The molecule has 104 valence electrons. The van der Waals surface area contributed by atoms with E-state index in [1.807, 2.05) is 6.92 Å². The molecule has 0 saturated heterocycles. The van der Waals surface area contributed by atoms with Crippen molar-refractivity contribution in [2.24, 2.45) is 0 Å². The number of hydrogen-bond donors (Lipinski definition) is 1. The van der Waals surface area contributed by atoms with Crippen LogP contribution in [0.25, 0.3) is 0 Å². The fourth-order valence-electron chi connectivity index (χ4n) is 1.23. The summed E-state index contributed by atoms with van der Waals surface area (Å²) in [5, 5.41) is 10.8. The van der Waals surface area contributed by atoms with Crippen LogP contribution in [0.4, 0.5) is 13.2 Å². The molecule has 0 aromatic carbocycles. The molecule has 0 saturated carbocycles. The van der Waals surface area contributed by atoms with E-state index in [9.17, 15) is 13.2 Å². The van der Waals surface area contributed by atoms with Crippen LogP contribution in [0.1, 0.15) is 19.0 Å². The van der Waals surface area contributed by atoms with E-state index < -0.39 is 12.6 Å². The fraction of sp³-hybridized carbons (Fsp3) is 0.800. The van der Waals surface area contributed by atoms with Crippen molar-refractivity contribution >= 4 is 0 Å². The van der Waals surface area contributed by atoms with Gasteiger partial charge >= 0.3 is 6.18 Å². The van der Waals surface area contributed by atoms with E-state index in [1.54, 1.807) is 10.9 Å². The zero-order valence-corrected chi connectivity index (χ0v) is 10.2. The average Bonchev–Trinajstić information content (AvgIpc) is 2.72. The highest BCUT2D eigenvalue weighted by Crippen LogP contribution is 2.18. The van der Waals surface area contributed by atoms with Gasteiger partial charge in [-0.3, -0.25) is 0 Å². The maximum atomic E-state index is 11.8. The van der Waals surface area contributed by atoms with Gasteiger partial charge in [0.15, 0.2) is 0 Å². The van der Waals surface area contributed by atoms with E-state index in [0.717, 1.165) is 12.2 Å². The summed E-state index contributed by atoms with van der Waals surface area (Å²) in [5.74, 6) is 0. The number of ether oxygens (including phenoxy) is 1. The molecule has 0 spiro atoms. The molecule has 5 nitrogen and oxygen atoms in total. The van der Waals surface area contributed by atoms with E-state index in [4.69, 9.17) is 4.74 Å². The Labute approximate surface area is 103 Å². The largest absolute Gasteiger partial charge is 0.391 e. The Kier molecular flexibility index (Phi) is 6.06. The third-order valence-electron chi connectivity index (χ3n) is 2.14. The van der Waals surface area contributed by atoms with Crippen LogP contribution < -0.4 is 5.32 Å². The zero-order chi connectivity index (χ0) is 13.4. The standard InChI is InChI=1S/C10H17F3N4O/c1-2-14-7-9-8-17(16-15-9)4-6-18-5-3-10(11,12)13/h8,14H,2-7H2,1H3. The molecular weight excluding hydrogens is 249 g/mol. The van der Waals surface area contributed by atoms with Crippen molar-refractivity contribution in [2.45, 2.75) is 32.6 Å². The van der Waals surface area contributed by atoms with Crippen molar-refractivity contribution in [2.75, 3.05) is 19.8 Å². The van der Waals surface area contributed by atoms with Crippen LogP contribution in [0, 0.1) is 0 Å².